The largest absolute Gasteiger partial charge is 0.497 e. The zero-order valence-corrected chi connectivity index (χ0v) is 15.1. The maximum Gasteiger partial charge on any atom is 0.303 e. The van der Waals surface area contributed by atoms with Crippen molar-refractivity contribution in [2.45, 2.75) is 32.2 Å². The molecule has 0 saturated carbocycles. The lowest BCUT2D eigenvalue weighted by atomic mass is 9.97. The molecule has 2 rings (SSSR count). The van der Waals surface area contributed by atoms with Crippen LogP contribution >= 0.6 is 0 Å². The highest BCUT2D eigenvalue weighted by molar-refractivity contribution is 5.79. The number of ether oxygens (including phenoxy) is 1. The van der Waals surface area contributed by atoms with Gasteiger partial charge in [-0.25, -0.2) is 0 Å². The van der Waals surface area contributed by atoms with Crippen molar-refractivity contribution in [3.63, 3.8) is 0 Å². The van der Waals surface area contributed by atoms with Crippen molar-refractivity contribution in [1.29, 1.82) is 0 Å². The van der Waals surface area contributed by atoms with Gasteiger partial charge in [0.1, 0.15) is 5.75 Å². The Morgan fingerprint density at radius 2 is 1.73 bits per heavy atom. The predicted octanol–water partition coefficient (Wildman–Crippen LogP) is 3.60. The number of hydrogen-bond donors (Lipinski definition) is 2. The third-order valence-electron chi connectivity index (χ3n) is 4.31. The number of aliphatic carboxylic acids is 1. The molecule has 138 valence electrons. The van der Waals surface area contributed by atoms with Gasteiger partial charge >= 0.3 is 5.97 Å². The summed E-state index contributed by atoms with van der Waals surface area (Å²) >= 11 is 0. The Labute approximate surface area is 154 Å². The van der Waals surface area contributed by atoms with Crippen molar-refractivity contribution in [2.75, 3.05) is 7.11 Å². The molecule has 0 radical (unpaired) electrons. The van der Waals surface area contributed by atoms with Crippen molar-refractivity contribution in [2.24, 2.45) is 5.92 Å². The molecule has 2 unspecified atom stereocenters. The first-order valence-electron chi connectivity index (χ1n) is 8.69. The number of carboxylic acids is 1. The van der Waals surface area contributed by atoms with E-state index in [9.17, 15) is 9.59 Å². The van der Waals surface area contributed by atoms with E-state index in [0.717, 1.165) is 16.9 Å². The van der Waals surface area contributed by atoms with Gasteiger partial charge in [-0.2, -0.15) is 0 Å². The monoisotopic (exact) mass is 355 g/mol. The summed E-state index contributed by atoms with van der Waals surface area (Å²) in [4.78, 5) is 23.5. The van der Waals surface area contributed by atoms with Gasteiger partial charge in [0.15, 0.2) is 0 Å². The summed E-state index contributed by atoms with van der Waals surface area (Å²) in [6, 6.07) is 16.8. The summed E-state index contributed by atoms with van der Waals surface area (Å²) in [6.45, 7) is 1.87. The van der Waals surface area contributed by atoms with E-state index in [1.165, 1.54) is 0 Å². The quantitative estimate of drug-likeness (QED) is 0.721. The average molecular weight is 355 g/mol. The molecule has 2 atom stereocenters. The number of methoxy groups -OCH3 is 1. The second kappa shape index (κ2) is 9.61. The molecule has 2 aromatic rings. The molecular weight excluding hydrogens is 330 g/mol. The van der Waals surface area contributed by atoms with Gasteiger partial charge in [-0.05, 0) is 36.1 Å². The fourth-order valence-electron chi connectivity index (χ4n) is 2.80. The number of hydrogen-bond acceptors (Lipinski definition) is 3. The summed E-state index contributed by atoms with van der Waals surface area (Å²) in [5.74, 6) is -0.394. The minimum Gasteiger partial charge on any atom is -0.497 e. The molecule has 0 aliphatic rings. The Balaban J connectivity index is 2.01. The Kier molecular flexibility index (Phi) is 7.21. The number of amides is 1. The van der Waals surface area contributed by atoms with Crippen molar-refractivity contribution in [3.05, 3.63) is 65.7 Å². The van der Waals surface area contributed by atoms with Crippen molar-refractivity contribution in [1.82, 2.24) is 5.32 Å². The third kappa shape index (κ3) is 5.92. The number of carbonyl (C=O) groups excluding carboxylic acids is 1. The van der Waals surface area contributed by atoms with Crippen molar-refractivity contribution < 1.29 is 19.4 Å². The van der Waals surface area contributed by atoms with E-state index in [0.29, 0.717) is 12.8 Å². The molecule has 1 amide bonds. The minimum absolute atomic E-state index is 0.00665. The summed E-state index contributed by atoms with van der Waals surface area (Å²) in [5.41, 5.74) is 1.97. The van der Waals surface area contributed by atoms with Crippen LogP contribution in [-0.2, 0) is 16.0 Å². The SMILES string of the molecule is COc1ccc(CC(C)C(=O)NC(CCC(=O)O)c2ccccc2)cc1. The van der Waals surface area contributed by atoms with E-state index in [1.54, 1.807) is 7.11 Å². The first kappa shape index (κ1) is 19.5. The molecule has 5 nitrogen and oxygen atoms in total. The summed E-state index contributed by atoms with van der Waals surface area (Å²) in [6.07, 6.45) is 0.976. The molecule has 2 aromatic carbocycles. The van der Waals surface area contributed by atoms with Gasteiger partial charge in [-0.1, -0.05) is 49.4 Å². The van der Waals surface area contributed by atoms with Gasteiger partial charge in [0, 0.05) is 12.3 Å². The fraction of sp³-hybridized carbons (Fsp3) is 0.333. The summed E-state index contributed by atoms with van der Waals surface area (Å²) in [7, 11) is 1.62. The van der Waals surface area contributed by atoms with E-state index in [1.807, 2.05) is 61.5 Å². The molecular formula is C21H25NO4. The highest BCUT2D eigenvalue weighted by Gasteiger charge is 2.20. The average Bonchev–Trinajstić information content (AvgIpc) is 2.66. The van der Waals surface area contributed by atoms with E-state index < -0.39 is 5.97 Å². The molecule has 0 bridgehead atoms. The molecule has 0 heterocycles. The first-order chi connectivity index (χ1) is 12.5. The van der Waals surface area contributed by atoms with Crippen molar-refractivity contribution in [3.8, 4) is 5.75 Å². The van der Waals surface area contributed by atoms with E-state index in [-0.39, 0.29) is 24.3 Å². The van der Waals surface area contributed by atoms with Crippen LogP contribution in [0.15, 0.2) is 54.6 Å². The molecule has 5 heteroatoms. The molecule has 0 aromatic heterocycles. The molecule has 2 N–H and O–H groups in total. The maximum atomic E-state index is 12.6. The number of benzene rings is 2. The highest BCUT2D eigenvalue weighted by Crippen LogP contribution is 2.20. The molecule has 0 aliphatic carbocycles. The van der Waals surface area contributed by atoms with E-state index in [2.05, 4.69) is 5.32 Å². The topological polar surface area (TPSA) is 75.6 Å². The number of nitrogens with one attached hydrogen (secondary N) is 1. The van der Waals surface area contributed by atoms with Crippen LogP contribution in [0.2, 0.25) is 0 Å². The van der Waals surface area contributed by atoms with Crippen LogP contribution in [-0.4, -0.2) is 24.1 Å². The van der Waals surface area contributed by atoms with Gasteiger partial charge in [0.25, 0.3) is 0 Å². The molecule has 0 fully saturated rings. The molecule has 0 aliphatic heterocycles. The smallest absolute Gasteiger partial charge is 0.303 e. The standard InChI is InChI=1S/C21H25NO4/c1-15(14-16-8-10-18(26-2)11-9-16)21(25)22-19(12-13-20(23)24)17-6-4-3-5-7-17/h3-11,15,19H,12-14H2,1-2H3,(H,22,25)(H,23,24). The highest BCUT2D eigenvalue weighted by atomic mass is 16.5. The zero-order valence-electron chi connectivity index (χ0n) is 15.1. The van der Waals surface area contributed by atoms with Crippen LogP contribution in [0.25, 0.3) is 0 Å². The normalized spacial score (nSPS) is 12.8. The Bertz CT molecular complexity index is 713. The van der Waals surface area contributed by atoms with Gasteiger partial charge in [-0.3, -0.25) is 9.59 Å². The lowest BCUT2D eigenvalue weighted by Gasteiger charge is -2.21. The summed E-state index contributed by atoms with van der Waals surface area (Å²) < 4.78 is 5.14. The van der Waals surface area contributed by atoms with E-state index in [4.69, 9.17) is 9.84 Å². The second-order valence-electron chi connectivity index (χ2n) is 6.36. The maximum absolute atomic E-state index is 12.6. The van der Waals surface area contributed by atoms with Gasteiger partial charge in [-0.15, -0.1) is 0 Å². The van der Waals surface area contributed by atoms with Crippen LogP contribution in [0.3, 0.4) is 0 Å². The zero-order chi connectivity index (χ0) is 18.9. The van der Waals surface area contributed by atoms with Crippen LogP contribution < -0.4 is 10.1 Å². The van der Waals surface area contributed by atoms with Crippen LogP contribution in [0.5, 0.6) is 5.75 Å². The molecule has 0 spiro atoms. The van der Waals surface area contributed by atoms with E-state index >= 15 is 0 Å². The number of carbonyl (C=O) groups is 2. The van der Waals surface area contributed by atoms with Crippen LogP contribution in [0.4, 0.5) is 0 Å². The van der Waals surface area contributed by atoms with Crippen LogP contribution in [0.1, 0.15) is 36.9 Å². The molecule has 26 heavy (non-hydrogen) atoms. The number of carboxylic acid groups (broad SMARTS) is 1. The van der Waals surface area contributed by atoms with Gasteiger partial charge in [0.2, 0.25) is 5.91 Å². The Morgan fingerprint density at radius 1 is 1.08 bits per heavy atom. The predicted molar refractivity (Wildman–Crippen MR) is 100 cm³/mol. The minimum atomic E-state index is -0.869. The fourth-order valence-corrected chi connectivity index (χ4v) is 2.80. The first-order valence-corrected chi connectivity index (χ1v) is 8.69. The Hall–Kier alpha value is -2.82. The van der Waals surface area contributed by atoms with Crippen molar-refractivity contribution >= 4 is 11.9 Å². The second-order valence-corrected chi connectivity index (χ2v) is 6.36. The third-order valence-corrected chi connectivity index (χ3v) is 4.31. The lowest BCUT2D eigenvalue weighted by molar-refractivity contribution is -0.137. The Morgan fingerprint density at radius 3 is 2.31 bits per heavy atom. The number of rotatable bonds is 9. The van der Waals surface area contributed by atoms with Crippen LogP contribution in [0, 0.1) is 5.92 Å². The summed E-state index contributed by atoms with van der Waals surface area (Å²) in [5, 5.41) is 12.0. The van der Waals surface area contributed by atoms with Gasteiger partial charge in [0.05, 0.1) is 13.2 Å². The lowest BCUT2D eigenvalue weighted by Crippen LogP contribution is -2.34. The molecule has 0 saturated heterocycles. The van der Waals surface area contributed by atoms with Gasteiger partial charge < -0.3 is 15.2 Å².